The summed E-state index contributed by atoms with van der Waals surface area (Å²) in [4.78, 5) is 12.4. The van der Waals surface area contributed by atoms with Crippen molar-refractivity contribution in [2.75, 3.05) is 0 Å². The van der Waals surface area contributed by atoms with Gasteiger partial charge in [-0.05, 0) is 31.7 Å². The Hall–Kier alpha value is -1.12. The van der Waals surface area contributed by atoms with E-state index < -0.39 is 0 Å². The molecule has 0 atom stereocenters. The number of rotatable bonds is 8. The number of hydrogen-bond acceptors (Lipinski definition) is 2. The van der Waals surface area contributed by atoms with E-state index >= 15 is 0 Å². The van der Waals surface area contributed by atoms with Gasteiger partial charge in [0, 0.05) is 12.1 Å². The monoisotopic (exact) mass is 276 g/mol. The SMILES string of the molecule is CCCC(CCC)C(=O)Cc1ccn(C2CCCC2)n1. The fourth-order valence-corrected chi connectivity index (χ4v) is 3.33. The molecule has 2 rings (SSSR count). The van der Waals surface area contributed by atoms with E-state index in [1.54, 1.807) is 0 Å². The molecule has 1 fully saturated rings. The summed E-state index contributed by atoms with van der Waals surface area (Å²) in [5.74, 6) is 0.618. The van der Waals surface area contributed by atoms with Crippen LogP contribution in [0.2, 0.25) is 0 Å². The molecule has 1 aliphatic carbocycles. The van der Waals surface area contributed by atoms with Crippen LogP contribution in [0.1, 0.15) is 76.9 Å². The molecule has 112 valence electrons. The smallest absolute Gasteiger partial charge is 0.141 e. The second kappa shape index (κ2) is 7.61. The van der Waals surface area contributed by atoms with Crippen molar-refractivity contribution in [3.05, 3.63) is 18.0 Å². The van der Waals surface area contributed by atoms with E-state index in [1.165, 1.54) is 25.7 Å². The van der Waals surface area contributed by atoms with Gasteiger partial charge in [-0.1, -0.05) is 39.5 Å². The van der Waals surface area contributed by atoms with Crippen molar-refractivity contribution in [3.63, 3.8) is 0 Å². The molecular formula is C17H28N2O. The Balaban J connectivity index is 1.92. The van der Waals surface area contributed by atoms with Crippen molar-refractivity contribution in [3.8, 4) is 0 Å². The first kappa shape index (κ1) is 15.3. The number of carbonyl (C=O) groups is 1. The zero-order chi connectivity index (χ0) is 14.4. The van der Waals surface area contributed by atoms with Crippen molar-refractivity contribution >= 4 is 5.78 Å². The van der Waals surface area contributed by atoms with Crippen molar-refractivity contribution in [2.24, 2.45) is 5.92 Å². The second-order valence-corrected chi connectivity index (χ2v) is 6.14. The summed E-state index contributed by atoms with van der Waals surface area (Å²) in [6.45, 7) is 4.31. The Bertz CT molecular complexity index is 412. The van der Waals surface area contributed by atoms with Crippen LogP contribution in [0.4, 0.5) is 0 Å². The topological polar surface area (TPSA) is 34.9 Å². The Morgan fingerprint density at radius 3 is 2.55 bits per heavy atom. The maximum absolute atomic E-state index is 12.4. The minimum atomic E-state index is 0.238. The first-order valence-electron chi connectivity index (χ1n) is 8.31. The van der Waals surface area contributed by atoms with E-state index in [2.05, 4.69) is 29.8 Å². The molecule has 0 radical (unpaired) electrons. The Labute approximate surface area is 122 Å². The van der Waals surface area contributed by atoms with Crippen molar-refractivity contribution in [1.29, 1.82) is 0 Å². The third-order valence-corrected chi connectivity index (χ3v) is 4.45. The molecule has 1 heterocycles. The molecule has 3 nitrogen and oxygen atoms in total. The van der Waals surface area contributed by atoms with Gasteiger partial charge in [-0.15, -0.1) is 0 Å². The van der Waals surface area contributed by atoms with Crippen LogP contribution in [-0.2, 0) is 11.2 Å². The molecule has 1 aromatic rings. The molecule has 1 aromatic heterocycles. The largest absolute Gasteiger partial charge is 0.299 e. The first-order valence-corrected chi connectivity index (χ1v) is 8.31. The number of hydrogen-bond donors (Lipinski definition) is 0. The number of aromatic nitrogens is 2. The summed E-state index contributed by atoms with van der Waals surface area (Å²) >= 11 is 0. The van der Waals surface area contributed by atoms with Gasteiger partial charge in [-0.3, -0.25) is 9.48 Å². The van der Waals surface area contributed by atoms with E-state index in [4.69, 9.17) is 0 Å². The van der Waals surface area contributed by atoms with Crippen molar-refractivity contribution in [1.82, 2.24) is 9.78 Å². The molecule has 3 heteroatoms. The Morgan fingerprint density at radius 1 is 1.30 bits per heavy atom. The predicted molar refractivity (Wildman–Crippen MR) is 81.7 cm³/mol. The quantitative estimate of drug-likeness (QED) is 0.708. The Morgan fingerprint density at radius 2 is 1.95 bits per heavy atom. The van der Waals surface area contributed by atoms with Gasteiger partial charge in [-0.25, -0.2) is 0 Å². The van der Waals surface area contributed by atoms with Crippen molar-refractivity contribution < 1.29 is 4.79 Å². The van der Waals surface area contributed by atoms with Crippen LogP contribution in [0.15, 0.2) is 12.3 Å². The third kappa shape index (κ3) is 3.94. The average Bonchev–Trinajstić information content (AvgIpc) is 3.08. The minimum absolute atomic E-state index is 0.238. The first-order chi connectivity index (χ1) is 9.74. The third-order valence-electron chi connectivity index (χ3n) is 4.45. The van der Waals surface area contributed by atoms with Gasteiger partial charge >= 0.3 is 0 Å². The van der Waals surface area contributed by atoms with Gasteiger partial charge < -0.3 is 0 Å². The molecule has 1 aliphatic rings. The highest BCUT2D eigenvalue weighted by molar-refractivity contribution is 5.82. The van der Waals surface area contributed by atoms with Crippen LogP contribution in [0.3, 0.4) is 0 Å². The van der Waals surface area contributed by atoms with Gasteiger partial charge in [0.15, 0.2) is 0 Å². The van der Waals surface area contributed by atoms with Crippen LogP contribution >= 0.6 is 0 Å². The molecule has 1 saturated carbocycles. The Kier molecular flexibility index (Phi) is 5.81. The van der Waals surface area contributed by atoms with Crippen LogP contribution in [0.25, 0.3) is 0 Å². The summed E-state index contributed by atoms with van der Waals surface area (Å²) in [6.07, 6.45) is 11.9. The molecule has 20 heavy (non-hydrogen) atoms. The number of Topliss-reactive ketones (excluding diaryl/α,β-unsaturated/α-hetero) is 1. The standard InChI is InChI=1S/C17H28N2O/c1-3-7-14(8-4-2)17(20)13-15-11-12-19(18-15)16-9-5-6-10-16/h11-12,14,16H,3-10,13H2,1-2H3. The maximum Gasteiger partial charge on any atom is 0.141 e. The lowest BCUT2D eigenvalue weighted by molar-refractivity contribution is -0.122. The summed E-state index contributed by atoms with van der Waals surface area (Å²) < 4.78 is 2.09. The van der Waals surface area contributed by atoms with Gasteiger partial charge in [0.25, 0.3) is 0 Å². The van der Waals surface area contributed by atoms with Gasteiger partial charge in [0.2, 0.25) is 0 Å². The highest BCUT2D eigenvalue weighted by Crippen LogP contribution is 2.28. The van der Waals surface area contributed by atoms with E-state index in [9.17, 15) is 4.79 Å². The van der Waals surface area contributed by atoms with E-state index in [0.717, 1.165) is 31.4 Å². The summed E-state index contributed by atoms with van der Waals surface area (Å²) in [7, 11) is 0. The lowest BCUT2D eigenvalue weighted by atomic mass is 9.91. The fraction of sp³-hybridized carbons (Fsp3) is 0.765. The molecule has 0 unspecified atom stereocenters. The van der Waals surface area contributed by atoms with Crippen LogP contribution in [-0.4, -0.2) is 15.6 Å². The molecule has 0 spiro atoms. The van der Waals surface area contributed by atoms with E-state index in [-0.39, 0.29) is 5.92 Å². The number of carbonyl (C=O) groups excluding carboxylic acids is 1. The zero-order valence-electron chi connectivity index (χ0n) is 13.0. The van der Waals surface area contributed by atoms with E-state index in [0.29, 0.717) is 18.2 Å². The van der Waals surface area contributed by atoms with Gasteiger partial charge in [-0.2, -0.15) is 5.10 Å². The summed E-state index contributed by atoms with van der Waals surface area (Å²) in [6, 6.07) is 2.60. The van der Waals surface area contributed by atoms with Crippen molar-refractivity contribution in [2.45, 2.75) is 77.7 Å². The normalized spacial score (nSPS) is 16.1. The molecule has 0 aromatic carbocycles. The average molecular weight is 276 g/mol. The molecule has 0 N–H and O–H groups in total. The molecule has 0 amide bonds. The maximum atomic E-state index is 12.4. The van der Waals surface area contributed by atoms with Gasteiger partial charge in [0.1, 0.15) is 5.78 Å². The zero-order valence-corrected chi connectivity index (χ0v) is 13.0. The molecule has 0 aliphatic heterocycles. The highest BCUT2D eigenvalue weighted by atomic mass is 16.1. The summed E-state index contributed by atoms with van der Waals surface area (Å²) in [5.41, 5.74) is 0.958. The highest BCUT2D eigenvalue weighted by Gasteiger charge is 2.20. The number of nitrogens with zero attached hydrogens (tertiary/aromatic N) is 2. The predicted octanol–water partition coefficient (Wildman–Crippen LogP) is 4.33. The minimum Gasteiger partial charge on any atom is -0.299 e. The van der Waals surface area contributed by atoms with Crippen LogP contribution < -0.4 is 0 Å². The lowest BCUT2D eigenvalue weighted by Crippen LogP contribution is -2.17. The fourth-order valence-electron chi connectivity index (χ4n) is 3.33. The van der Waals surface area contributed by atoms with E-state index in [1.807, 2.05) is 6.07 Å². The molecule has 0 saturated heterocycles. The second-order valence-electron chi connectivity index (χ2n) is 6.14. The summed E-state index contributed by atoms with van der Waals surface area (Å²) in [5, 5.41) is 4.63. The molecule has 0 bridgehead atoms. The molecular weight excluding hydrogens is 248 g/mol. The van der Waals surface area contributed by atoms with Crippen LogP contribution in [0, 0.1) is 5.92 Å². The van der Waals surface area contributed by atoms with Gasteiger partial charge in [0.05, 0.1) is 18.2 Å². The number of ketones is 1. The lowest BCUT2D eigenvalue weighted by Gasteiger charge is -2.13. The van der Waals surface area contributed by atoms with Crippen LogP contribution in [0.5, 0.6) is 0 Å².